The number of nitrogens with zero attached hydrogens (tertiary/aromatic N) is 1. The molecule has 1 aliphatic heterocycles. The van der Waals surface area contributed by atoms with Crippen LogP contribution in [0.3, 0.4) is 0 Å². The third-order valence-corrected chi connectivity index (χ3v) is 5.47. The van der Waals surface area contributed by atoms with E-state index in [1.165, 1.54) is 4.90 Å². The van der Waals surface area contributed by atoms with Gasteiger partial charge in [0.25, 0.3) is 0 Å². The number of carboxylic acids is 1. The highest BCUT2D eigenvalue weighted by Crippen LogP contribution is 2.56. The molecular formula is C17H16NO4-. The summed E-state index contributed by atoms with van der Waals surface area (Å²) in [7, 11) is 0. The Hall–Kier alpha value is -2.17. The average molecular weight is 298 g/mol. The molecule has 4 atom stereocenters. The summed E-state index contributed by atoms with van der Waals surface area (Å²) in [5.74, 6) is -0.817. The number of fused-ring (bicyclic) bond motifs is 5. The lowest BCUT2D eigenvalue weighted by molar-refractivity contribution is -0.304. The van der Waals surface area contributed by atoms with Crippen molar-refractivity contribution < 1.29 is 19.5 Å². The van der Waals surface area contributed by atoms with E-state index in [9.17, 15) is 19.5 Å². The van der Waals surface area contributed by atoms with Crippen molar-refractivity contribution in [2.45, 2.75) is 25.7 Å². The molecule has 0 aromatic heterocycles. The normalized spacial score (nSPS) is 32.6. The number of imide groups is 1. The Morgan fingerprint density at radius 1 is 1.05 bits per heavy atom. The minimum absolute atomic E-state index is 0.0742. The fraction of sp³-hybridized carbons (Fsp3) is 0.471. The number of anilines is 1. The fourth-order valence-corrected chi connectivity index (χ4v) is 4.59. The molecule has 2 bridgehead atoms. The molecule has 5 nitrogen and oxygen atoms in total. The zero-order chi connectivity index (χ0) is 15.4. The van der Waals surface area contributed by atoms with Crippen LogP contribution in [0.5, 0.6) is 0 Å². The van der Waals surface area contributed by atoms with Gasteiger partial charge in [-0.05, 0) is 48.8 Å². The maximum atomic E-state index is 12.7. The van der Waals surface area contributed by atoms with E-state index in [1.807, 2.05) is 0 Å². The van der Waals surface area contributed by atoms with Crippen LogP contribution in [-0.4, -0.2) is 17.8 Å². The average Bonchev–Trinajstić information content (AvgIpc) is 3.14. The first-order valence-corrected chi connectivity index (χ1v) is 7.73. The van der Waals surface area contributed by atoms with Crippen molar-refractivity contribution in [3.8, 4) is 0 Å². The van der Waals surface area contributed by atoms with Crippen LogP contribution in [0.2, 0.25) is 0 Å². The standard InChI is InChI=1S/C17H17NO4/c19-13(20)7-9-1-5-12(6-2-9)18-16(21)14-10-3-4-11(8-10)15(14)17(18)22/h1-2,5-6,10-11,14-15H,3-4,7-8H2,(H,19,20)/p-1/t10-,11-,14-,15-/m0/s1. The summed E-state index contributed by atoms with van der Waals surface area (Å²) in [5.41, 5.74) is 1.15. The summed E-state index contributed by atoms with van der Waals surface area (Å²) in [5, 5.41) is 10.6. The number of rotatable bonds is 3. The summed E-state index contributed by atoms with van der Waals surface area (Å²) in [6.45, 7) is 0. The molecule has 2 aliphatic carbocycles. The molecule has 0 N–H and O–H groups in total. The molecule has 0 unspecified atom stereocenters. The van der Waals surface area contributed by atoms with Gasteiger partial charge in [0, 0.05) is 12.4 Å². The Morgan fingerprint density at radius 2 is 1.59 bits per heavy atom. The van der Waals surface area contributed by atoms with Crippen LogP contribution in [0.4, 0.5) is 5.69 Å². The quantitative estimate of drug-likeness (QED) is 0.762. The number of benzene rings is 1. The van der Waals surface area contributed by atoms with Crippen LogP contribution in [-0.2, 0) is 20.8 Å². The van der Waals surface area contributed by atoms with Gasteiger partial charge < -0.3 is 9.90 Å². The molecule has 1 aromatic carbocycles. The fourth-order valence-electron chi connectivity index (χ4n) is 4.59. The molecule has 22 heavy (non-hydrogen) atoms. The maximum Gasteiger partial charge on any atom is 0.237 e. The van der Waals surface area contributed by atoms with Gasteiger partial charge >= 0.3 is 0 Å². The Bertz CT molecular complexity index is 638. The number of aliphatic carboxylic acids is 1. The van der Waals surface area contributed by atoms with Crippen molar-refractivity contribution in [1.29, 1.82) is 0 Å². The zero-order valence-corrected chi connectivity index (χ0v) is 12.0. The molecule has 1 aromatic rings. The number of carboxylic acid groups (broad SMARTS) is 1. The Labute approximate surface area is 127 Å². The van der Waals surface area contributed by atoms with E-state index in [0.29, 0.717) is 23.1 Å². The van der Waals surface area contributed by atoms with Crippen LogP contribution in [0, 0.1) is 23.7 Å². The van der Waals surface area contributed by atoms with Crippen LogP contribution in [0.15, 0.2) is 24.3 Å². The van der Waals surface area contributed by atoms with Crippen molar-refractivity contribution in [3.63, 3.8) is 0 Å². The van der Waals surface area contributed by atoms with E-state index >= 15 is 0 Å². The van der Waals surface area contributed by atoms with Gasteiger partial charge in [-0.1, -0.05) is 12.1 Å². The summed E-state index contributed by atoms with van der Waals surface area (Å²) in [4.78, 5) is 37.2. The van der Waals surface area contributed by atoms with E-state index in [1.54, 1.807) is 24.3 Å². The summed E-state index contributed by atoms with van der Waals surface area (Å²) < 4.78 is 0. The molecule has 2 amide bonds. The van der Waals surface area contributed by atoms with Gasteiger partial charge in [0.2, 0.25) is 11.8 Å². The molecule has 3 aliphatic rings. The van der Waals surface area contributed by atoms with Gasteiger partial charge in [-0.3, -0.25) is 14.5 Å². The van der Waals surface area contributed by atoms with Crippen LogP contribution < -0.4 is 10.0 Å². The molecule has 0 radical (unpaired) electrons. The largest absolute Gasteiger partial charge is 0.550 e. The molecule has 0 spiro atoms. The van der Waals surface area contributed by atoms with Crippen LogP contribution in [0.1, 0.15) is 24.8 Å². The van der Waals surface area contributed by atoms with Gasteiger partial charge in [0.05, 0.1) is 17.5 Å². The van der Waals surface area contributed by atoms with Gasteiger partial charge in [-0.25, -0.2) is 0 Å². The monoisotopic (exact) mass is 298 g/mol. The first-order valence-electron chi connectivity index (χ1n) is 7.73. The molecular weight excluding hydrogens is 282 g/mol. The number of carbonyl (C=O) groups is 3. The minimum Gasteiger partial charge on any atom is -0.550 e. The van der Waals surface area contributed by atoms with Crippen molar-refractivity contribution in [2.24, 2.45) is 23.7 Å². The van der Waals surface area contributed by atoms with Crippen LogP contribution in [0.25, 0.3) is 0 Å². The lowest BCUT2D eigenvalue weighted by Gasteiger charge is -2.19. The minimum atomic E-state index is -1.15. The molecule has 2 saturated carbocycles. The zero-order valence-electron chi connectivity index (χ0n) is 12.0. The summed E-state index contributed by atoms with van der Waals surface area (Å²) in [6.07, 6.45) is 2.97. The first kappa shape index (κ1) is 13.5. The summed E-state index contributed by atoms with van der Waals surface area (Å²) in [6, 6.07) is 6.57. The second-order valence-corrected chi connectivity index (χ2v) is 6.61. The van der Waals surface area contributed by atoms with E-state index in [4.69, 9.17) is 0 Å². The topological polar surface area (TPSA) is 77.5 Å². The first-order chi connectivity index (χ1) is 10.6. The lowest BCUT2D eigenvalue weighted by atomic mass is 9.81. The number of carbonyl (C=O) groups excluding carboxylic acids is 3. The van der Waals surface area contributed by atoms with Gasteiger partial charge in [-0.15, -0.1) is 0 Å². The van der Waals surface area contributed by atoms with E-state index in [2.05, 4.69) is 0 Å². The van der Waals surface area contributed by atoms with Gasteiger partial charge in [0.1, 0.15) is 0 Å². The number of hydrogen-bond acceptors (Lipinski definition) is 4. The Balaban J connectivity index is 1.62. The SMILES string of the molecule is O=C([O-])Cc1ccc(N2C(=O)[C@H]3[C@H]4CC[C@@H](C4)[C@@H]3C2=O)cc1. The smallest absolute Gasteiger partial charge is 0.237 e. The highest BCUT2D eigenvalue weighted by atomic mass is 16.4. The van der Waals surface area contributed by atoms with E-state index in [-0.39, 0.29) is 30.1 Å². The van der Waals surface area contributed by atoms with Crippen LogP contribution >= 0.6 is 0 Å². The van der Waals surface area contributed by atoms with Crippen molar-refractivity contribution in [2.75, 3.05) is 4.90 Å². The van der Waals surface area contributed by atoms with Gasteiger partial charge in [-0.2, -0.15) is 0 Å². The maximum absolute atomic E-state index is 12.7. The Morgan fingerprint density at radius 3 is 2.09 bits per heavy atom. The number of hydrogen-bond donors (Lipinski definition) is 0. The molecule has 1 heterocycles. The molecule has 4 rings (SSSR count). The highest BCUT2D eigenvalue weighted by Gasteiger charge is 2.61. The second-order valence-electron chi connectivity index (χ2n) is 6.61. The molecule has 114 valence electrons. The van der Waals surface area contributed by atoms with Crippen molar-refractivity contribution in [3.05, 3.63) is 29.8 Å². The van der Waals surface area contributed by atoms with E-state index < -0.39 is 5.97 Å². The van der Waals surface area contributed by atoms with Gasteiger partial charge in [0.15, 0.2) is 0 Å². The third-order valence-electron chi connectivity index (χ3n) is 5.47. The molecule has 1 saturated heterocycles. The predicted octanol–water partition coefficient (Wildman–Crippen LogP) is 0.514. The Kier molecular flexibility index (Phi) is 2.86. The second kappa shape index (κ2) is 4.66. The molecule has 5 heteroatoms. The number of amides is 2. The summed E-state index contributed by atoms with van der Waals surface area (Å²) >= 11 is 0. The lowest BCUT2D eigenvalue weighted by Crippen LogP contribution is -2.32. The molecule has 3 fully saturated rings. The van der Waals surface area contributed by atoms with Crippen molar-refractivity contribution >= 4 is 23.5 Å². The predicted molar refractivity (Wildman–Crippen MR) is 75.5 cm³/mol. The third kappa shape index (κ3) is 1.81. The highest BCUT2D eigenvalue weighted by molar-refractivity contribution is 6.22. The van der Waals surface area contributed by atoms with E-state index in [0.717, 1.165) is 19.3 Å². The van der Waals surface area contributed by atoms with Crippen molar-refractivity contribution in [1.82, 2.24) is 0 Å².